The van der Waals surface area contributed by atoms with Crippen LogP contribution in [0.3, 0.4) is 0 Å². The van der Waals surface area contributed by atoms with Crippen LogP contribution >= 0.6 is 0 Å². The number of aliphatic hydroxyl groups excluding tert-OH is 1. The highest BCUT2D eigenvalue weighted by atomic mass is 16.5. The lowest BCUT2D eigenvalue weighted by Crippen LogP contribution is -2.30. The van der Waals surface area contributed by atoms with Gasteiger partial charge in [0.25, 0.3) is 0 Å². The van der Waals surface area contributed by atoms with Crippen molar-refractivity contribution < 1.29 is 9.84 Å². The summed E-state index contributed by atoms with van der Waals surface area (Å²) >= 11 is 0. The minimum absolute atomic E-state index is 0.319. The normalized spacial score (nSPS) is 17.3. The molecule has 0 unspecified atom stereocenters. The summed E-state index contributed by atoms with van der Waals surface area (Å²) < 4.78 is 5.90. The van der Waals surface area contributed by atoms with E-state index in [9.17, 15) is 0 Å². The quantitative estimate of drug-likeness (QED) is 0.520. The number of ether oxygens (including phenoxy) is 1. The van der Waals surface area contributed by atoms with Gasteiger partial charge in [0.2, 0.25) is 0 Å². The minimum atomic E-state index is 0.319. The Labute approximate surface area is 152 Å². The van der Waals surface area contributed by atoms with Crippen LogP contribution in [0.4, 0.5) is 0 Å². The van der Waals surface area contributed by atoms with Crippen molar-refractivity contribution in [1.82, 2.24) is 9.88 Å². The maximum Gasteiger partial charge on any atom is 0.138 e. The third kappa shape index (κ3) is 7.90. The first kappa shape index (κ1) is 19.8. The van der Waals surface area contributed by atoms with Crippen LogP contribution in [0.2, 0.25) is 0 Å². The molecule has 4 heteroatoms. The molecule has 4 nitrogen and oxygen atoms in total. The Morgan fingerprint density at radius 1 is 1.20 bits per heavy atom. The molecule has 1 fully saturated rings. The first-order valence-corrected chi connectivity index (χ1v) is 9.67. The third-order valence-corrected chi connectivity index (χ3v) is 4.77. The summed E-state index contributed by atoms with van der Waals surface area (Å²) in [7, 11) is 2.16. The van der Waals surface area contributed by atoms with Crippen molar-refractivity contribution in [1.29, 1.82) is 0 Å². The molecule has 0 aliphatic carbocycles. The van der Waals surface area contributed by atoms with Gasteiger partial charge in [-0.3, -0.25) is 4.98 Å². The van der Waals surface area contributed by atoms with Gasteiger partial charge in [-0.25, -0.2) is 0 Å². The van der Waals surface area contributed by atoms with Crippen LogP contribution in [0.15, 0.2) is 18.5 Å². The maximum absolute atomic E-state index is 8.73. The summed E-state index contributed by atoms with van der Waals surface area (Å²) in [5, 5.41) is 8.73. The van der Waals surface area contributed by atoms with E-state index in [-0.39, 0.29) is 0 Å². The molecular weight excluding hydrogens is 312 g/mol. The molecule has 1 N–H and O–H groups in total. The summed E-state index contributed by atoms with van der Waals surface area (Å²) in [6.45, 7) is 2.21. The van der Waals surface area contributed by atoms with Gasteiger partial charge in [0.05, 0.1) is 6.20 Å². The number of nitrogens with zero attached hydrogens (tertiary/aromatic N) is 2. The molecule has 0 aromatic carbocycles. The fraction of sp³-hybridized carbons (Fsp3) is 0.667. The first-order chi connectivity index (χ1) is 12.3. The van der Waals surface area contributed by atoms with E-state index in [2.05, 4.69) is 28.8 Å². The highest BCUT2D eigenvalue weighted by Crippen LogP contribution is 2.17. The fourth-order valence-corrected chi connectivity index (χ4v) is 3.15. The Balaban J connectivity index is 1.65. The molecule has 1 aliphatic rings. The van der Waals surface area contributed by atoms with Gasteiger partial charge < -0.3 is 14.7 Å². The molecular formula is C21H32N2O2. The van der Waals surface area contributed by atoms with Gasteiger partial charge in [-0.1, -0.05) is 37.5 Å². The van der Waals surface area contributed by atoms with Gasteiger partial charge in [-0.15, -0.1) is 0 Å². The molecule has 0 amide bonds. The molecule has 2 heterocycles. The van der Waals surface area contributed by atoms with Crippen molar-refractivity contribution in [2.24, 2.45) is 0 Å². The number of aliphatic hydroxyl groups is 1. The average Bonchev–Trinajstić information content (AvgIpc) is 3.04. The van der Waals surface area contributed by atoms with Gasteiger partial charge in [0, 0.05) is 30.8 Å². The van der Waals surface area contributed by atoms with E-state index in [1.54, 1.807) is 12.4 Å². The van der Waals surface area contributed by atoms with Gasteiger partial charge in [-0.05, 0) is 45.3 Å². The van der Waals surface area contributed by atoms with Crippen LogP contribution in [0.5, 0.6) is 5.75 Å². The number of pyridine rings is 1. The number of hydrogen-bond acceptors (Lipinski definition) is 4. The summed E-state index contributed by atoms with van der Waals surface area (Å²) in [5.41, 5.74) is 0.931. The zero-order valence-corrected chi connectivity index (χ0v) is 15.5. The molecule has 0 saturated carbocycles. The number of rotatable bonds is 10. The molecule has 1 aliphatic heterocycles. The Morgan fingerprint density at radius 3 is 2.76 bits per heavy atom. The van der Waals surface area contributed by atoms with Crippen LogP contribution < -0.4 is 4.74 Å². The monoisotopic (exact) mass is 344 g/mol. The van der Waals surface area contributed by atoms with Gasteiger partial charge >= 0.3 is 0 Å². The van der Waals surface area contributed by atoms with E-state index < -0.39 is 0 Å². The minimum Gasteiger partial charge on any atom is -0.490 e. The molecule has 1 atom stereocenters. The summed E-state index contributed by atoms with van der Waals surface area (Å²) in [6.07, 6.45) is 13.9. The number of likely N-dealkylation sites (tertiary alicyclic amines) is 1. The molecule has 25 heavy (non-hydrogen) atoms. The Bertz CT molecular complexity index is 550. The summed E-state index contributed by atoms with van der Waals surface area (Å²) in [5.74, 6) is 7.25. The molecule has 0 bridgehead atoms. The van der Waals surface area contributed by atoms with E-state index >= 15 is 0 Å². The summed E-state index contributed by atoms with van der Waals surface area (Å²) in [6, 6.07) is 2.51. The van der Waals surface area contributed by atoms with Crippen LogP contribution in [0.25, 0.3) is 0 Å². The van der Waals surface area contributed by atoms with Crippen LogP contribution in [-0.2, 0) is 0 Å². The second kappa shape index (κ2) is 11.9. The predicted molar refractivity (Wildman–Crippen MR) is 102 cm³/mol. The van der Waals surface area contributed by atoms with Crippen molar-refractivity contribution >= 4 is 0 Å². The van der Waals surface area contributed by atoms with Gasteiger partial charge in [-0.2, -0.15) is 0 Å². The standard InChI is InChI=1S/C21H32N2O2/c1-23-13-10-12-20(23)18-25-21-15-19(16-22-17-21)11-8-6-4-2-3-5-7-9-14-24/h15-17,20,24H,2-7,9-10,12-14,18H2,1H3/t20-/m0/s1. The fourth-order valence-electron chi connectivity index (χ4n) is 3.15. The van der Waals surface area contributed by atoms with Crippen molar-refractivity contribution in [3.63, 3.8) is 0 Å². The lowest BCUT2D eigenvalue weighted by Gasteiger charge is -2.19. The number of aromatic nitrogens is 1. The Hall–Kier alpha value is -1.57. The van der Waals surface area contributed by atoms with Crippen molar-refractivity contribution in [2.45, 2.75) is 63.8 Å². The van der Waals surface area contributed by atoms with Crippen molar-refractivity contribution in [3.05, 3.63) is 24.0 Å². The van der Waals surface area contributed by atoms with Crippen molar-refractivity contribution in [3.8, 4) is 17.6 Å². The third-order valence-electron chi connectivity index (χ3n) is 4.77. The topological polar surface area (TPSA) is 45.6 Å². The highest BCUT2D eigenvalue weighted by Gasteiger charge is 2.21. The zero-order chi connectivity index (χ0) is 17.7. The second-order valence-electron chi connectivity index (χ2n) is 6.89. The average molecular weight is 344 g/mol. The van der Waals surface area contributed by atoms with Crippen LogP contribution in [0, 0.1) is 11.8 Å². The smallest absolute Gasteiger partial charge is 0.138 e. The van der Waals surface area contributed by atoms with Gasteiger partial charge in [0.1, 0.15) is 12.4 Å². The number of likely N-dealkylation sites (N-methyl/N-ethyl adjacent to an activating group) is 1. The molecule has 138 valence electrons. The van der Waals surface area contributed by atoms with E-state index in [1.807, 2.05) is 6.07 Å². The highest BCUT2D eigenvalue weighted by molar-refractivity contribution is 5.36. The molecule has 1 aromatic heterocycles. The first-order valence-electron chi connectivity index (χ1n) is 9.67. The molecule has 2 rings (SSSR count). The Kier molecular flexibility index (Phi) is 9.40. The molecule has 0 spiro atoms. The van der Waals surface area contributed by atoms with E-state index in [0.717, 1.165) is 43.6 Å². The number of hydrogen-bond donors (Lipinski definition) is 1. The maximum atomic E-state index is 8.73. The van der Waals surface area contributed by atoms with Crippen molar-refractivity contribution in [2.75, 3.05) is 26.8 Å². The Morgan fingerprint density at radius 2 is 2.00 bits per heavy atom. The predicted octanol–water partition coefficient (Wildman–Crippen LogP) is 3.63. The molecule has 0 radical (unpaired) electrons. The molecule has 1 saturated heterocycles. The van der Waals surface area contributed by atoms with E-state index in [4.69, 9.17) is 9.84 Å². The van der Waals surface area contributed by atoms with E-state index in [1.165, 1.54) is 38.6 Å². The SMILES string of the molecule is CN1CCC[C@H]1COc1cncc(C#CCCCCCCCCO)c1. The second-order valence-corrected chi connectivity index (χ2v) is 6.89. The van der Waals surface area contributed by atoms with Gasteiger partial charge in [0.15, 0.2) is 0 Å². The lowest BCUT2D eigenvalue weighted by molar-refractivity contribution is 0.198. The zero-order valence-electron chi connectivity index (χ0n) is 15.5. The van der Waals surface area contributed by atoms with E-state index in [0.29, 0.717) is 12.6 Å². The van der Waals surface area contributed by atoms with Crippen LogP contribution in [0.1, 0.15) is 63.4 Å². The lowest BCUT2D eigenvalue weighted by atomic mass is 10.1. The largest absolute Gasteiger partial charge is 0.490 e. The molecule has 1 aromatic rings. The number of unbranched alkanes of at least 4 members (excludes halogenated alkanes) is 6. The van der Waals surface area contributed by atoms with Crippen LogP contribution in [-0.4, -0.2) is 47.8 Å². The summed E-state index contributed by atoms with van der Waals surface area (Å²) in [4.78, 5) is 6.61.